The van der Waals surface area contributed by atoms with Gasteiger partial charge in [-0.3, -0.25) is 4.79 Å². The molecule has 0 aromatic heterocycles. The minimum atomic E-state index is -1.03. The Morgan fingerprint density at radius 1 is 1.00 bits per heavy atom. The van der Waals surface area contributed by atoms with Crippen molar-refractivity contribution in [3.63, 3.8) is 0 Å². The zero-order valence-corrected chi connectivity index (χ0v) is 13.8. The van der Waals surface area contributed by atoms with Crippen LogP contribution in [0, 0.1) is 5.41 Å². The van der Waals surface area contributed by atoms with Crippen LogP contribution in [0.5, 0.6) is 0 Å². The summed E-state index contributed by atoms with van der Waals surface area (Å²) in [5.74, 6) is -1.09. The van der Waals surface area contributed by atoms with E-state index in [1.807, 2.05) is 4.90 Å². The number of carboxylic acids is 1. The summed E-state index contributed by atoms with van der Waals surface area (Å²) in [4.78, 5) is 25.4. The first-order valence-electron chi connectivity index (χ1n) is 8.61. The van der Waals surface area contributed by atoms with E-state index in [9.17, 15) is 9.59 Å². The van der Waals surface area contributed by atoms with E-state index in [2.05, 4.69) is 0 Å². The molecule has 126 valence electrons. The van der Waals surface area contributed by atoms with E-state index in [4.69, 9.17) is 9.84 Å². The van der Waals surface area contributed by atoms with Crippen molar-refractivity contribution >= 4 is 11.9 Å². The summed E-state index contributed by atoms with van der Waals surface area (Å²) >= 11 is 0. The van der Waals surface area contributed by atoms with Gasteiger partial charge in [-0.25, -0.2) is 4.79 Å². The lowest BCUT2D eigenvalue weighted by Gasteiger charge is -2.43. The van der Waals surface area contributed by atoms with Crippen molar-refractivity contribution in [3.05, 3.63) is 0 Å². The highest BCUT2D eigenvalue weighted by molar-refractivity contribution is 5.81. The Morgan fingerprint density at radius 2 is 1.59 bits per heavy atom. The third-order valence-corrected chi connectivity index (χ3v) is 5.24. The summed E-state index contributed by atoms with van der Waals surface area (Å²) in [6.07, 6.45) is 8.23. The van der Waals surface area contributed by atoms with Gasteiger partial charge in [-0.1, -0.05) is 25.7 Å². The number of amides is 1. The summed E-state index contributed by atoms with van der Waals surface area (Å²) in [7, 11) is 0. The molecule has 2 fully saturated rings. The molecule has 0 aromatic carbocycles. The van der Waals surface area contributed by atoms with Crippen LogP contribution in [0.25, 0.3) is 0 Å². The first kappa shape index (κ1) is 17.3. The number of carbonyl (C=O) groups excluding carboxylic acids is 1. The molecule has 2 rings (SSSR count). The summed E-state index contributed by atoms with van der Waals surface area (Å²) in [5, 5.41) is 8.90. The van der Waals surface area contributed by atoms with Crippen LogP contribution in [0.15, 0.2) is 0 Å². The van der Waals surface area contributed by atoms with Crippen molar-refractivity contribution in [2.45, 2.75) is 77.4 Å². The highest BCUT2D eigenvalue weighted by Crippen LogP contribution is 2.42. The quantitative estimate of drug-likeness (QED) is 0.867. The third-order valence-electron chi connectivity index (χ3n) is 5.24. The number of ether oxygens (including phenoxy) is 1. The van der Waals surface area contributed by atoms with Gasteiger partial charge in [0.05, 0.1) is 0 Å². The topological polar surface area (TPSA) is 66.8 Å². The molecule has 2 atom stereocenters. The predicted octanol–water partition coefficient (Wildman–Crippen LogP) is 2.83. The van der Waals surface area contributed by atoms with Crippen molar-refractivity contribution in [1.29, 1.82) is 0 Å². The second-order valence-corrected chi connectivity index (χ2v) is 7.04. The molecule has 1 saturated heterocycles. The lowest BCUT2D eigenvalue weighted by Crippen LogP contribution is -2.50. The summed E-state index contributed by atoms with van der Waals surface area (Å²) in [6.45, 7) is 4.72. The monoisotopic (exact) mass is 311 g/mol. The van der Waals surface area contributed by atoms with Crippen molar-refractivity contribution in [1.82, 2.24) is 4.90 Å². The molecule has 0 radical (unpaired) electrons. The fourth-order valence-corrected chi connectivity index (χ4v) is 3.96. The number of rotatable bonds is 4. The first-order chi connectivity index (χ1) is 10.4. The van der Waals surface area contributed by atoms with Crippen LogP contribution in [-0.4, -0.2) is 47.2 Å². The van der Waals surface area contributed by atoms with Crippen LogP contribution in [0.1, 0.15) is 65.2 Å². The Kier molecular flexibility index (Phi) is 5.84. The second-order valence-electron chi connectivity index (χ2n) is 7.04. The average molecular weight is 311 g/mol. The van der Waals surface area contributed by atoms with Crippen LogP contribution >= 0.6 is 0 Å². The van der Waals surface area contributed by atoms with E-state index >= 15 is 0 Å². The van der Waals surface area contributed by atoms with E-state index < -0.39 is 18.2 Å². The van der Waals surface area contributed by atoms with E-state index in [1.54, 1.807) is 6.92 Å². The highest BCUT2D eigenvalue weighted by Gasteiger charge is 2.38. The molecule has 0 aromatic rings. The zero-order chi connectivity index (χ0) is 16.2. The van der Waals surface area contributed by atoms with Crippen LogP contribution in [0.2, 0.25) is 0 Å². The maximum Gasteiger partial charge on any atom is 0.332 e. The van der Waals surface area contributed by atoms with Gasteiger partial charge in [0.25, 0.3) is 5.91 Å². The Balaban J connectivity index is 1.95. The highest BCUT2D eigenvalue weighted by atomic mass is 16.5. The Bertz CT molecular complexity index is 401. The fourth-order valence-electron chi connectivity index (χ4n) is 3.96. The van der Waals surface area contributed by atoms with Gasteiger partial charge < -0.3 is 14.7 Å². The number of hydrogen-bond acceptors (Lipinski definition) is 3. The molecule has 5 nitrogen and oxygen atoms in total. The van der Waals surface area contributed by atoms with Gasteiger partial charge in [0.15, 0.2) is 6.10 Å². The van der Waals surface area contributed by atoms with Gasteiger partial charge in [-0.05, 0) is 44.9 Å². The minimum absolute atomic E-state index is 0.0589. The summed E-state index contributed by atoms with van der Waals surface area (Å²) in [6, 6.07) is 0. The normalized spacial score (nSPS) is 24.5. The Labute approximate surface area is 133 Å². The van der Waals surface area contributed by atoms with Crippen molar-refractivity contribution in [3.8, 4) is 0 Å². The van der Waals surface area contributed by atoms with Crippen molar-refractivity contribution in [2.75, 3.05) is 13.1 Å². The molecule has 1 N–H and O–H groups in total. The van der Waals surface area contributed by atoms with Crippen molar-refractivity contribution < 1.29 is 19.4 Å². The molecule has 1 spiro atoms. The molecule has 22 heavy (non-hydrogen) atoms. The second kappa shape index (κ2) is 7.44. The lowest BCUT2D eigenvalue weighted by molar-refractivity contribution is -0.161. The molecule has 1 saturated carbocycles. The van der Waals surface area contributed by atoms with Crippen LogP contribution in [-0.2, 0) is 14.3 Å². The average Bonchev–Trinajstić information content (AvgIpc) is 2.71. The van der Waals surface area contributed by atoms with Gasteiger partial charge in [-0.15, -0.1) is 0 Å². The molecule has 1 heterocycles. The Hall–Kier alpha value is -1.10. The number of piperidine rings is 1. The molecule has 5 heteroatoms. The number of hydrogen-bond donors (Lipinski definition) is 1. The lowest BCUT2D eigenvalue weighted by atomic mass is 9.74. The van der Waals surface area contributed by atoms with E-state index in [0.717, 1.165) is 19.5 Å². The van der Waals surface area contributed by atoms with Gasteiger partial charge in [0.1, 0.15) is 6.10 Å². The SMILES string of the molecule is CC(OC(C)C(=O)N1CCCC2(CCCCCC2)C1)C(=O)O. The zero-order valence-electron chi connectivity index (χ0n) is 13.8. The van der Waals surface area contributed by atoms with E-state index in [-0.39, 0.29) is 5.91 Å². The maximum atomic E-state index is 12.6. The third kappa shape index (κ3) is 4.22. The van der Waals surface area contributed by atoms with Crippen LogP contribution < -0.4 is 0 Å². The molecule has 1 aliphatic carbocycles. The smallest absolute Gasteiger partial charge is 0.332 e. The molecule has 2 unspecified atom stereocenters. The fraction of sp³-hybridized carbons (Fsp3) is 0.882. The van der Waals surface area contributed by atoms with Gasteiger partial charge in [-0.2, -0.15) is 0 Å². The van der Waals surface area contributed by atoms with Crippen molar-refractivity contribution in [2.24, 2.45) is 5.41 Å². The van der Waals surface area contributed by atoms with Gasteiger partial charge in [0.2, 0.25) is 0 Å². The molecule has 1 aliphatic heterocycles. The number of carbonyl (C=O) groups is 2. The number of nitrogens with zero attached hydrogens (tertiary/aromatic N) is 1. The molecular formula is C17H29NO4. The summed E-state index contributed by atoms with van der Waals surface area (Å²) in [5.41, 5.74) is 0.294. The Morgan fingerprint density at radius 3 is 2.18 bits per heavy atom. The summed E-state index contributed by atoms with van der Waals surface area (Å²) < 4.78 is 5.34. The maximum absolute atomic E-state index is 12.6. The standard InChI is InChI=1S/C17H29NO4/c1-13(22-14(2)16(20)21)15(19)18-11-7-10-17(12-18)8-5-3-4-6-9-17/h13-14H,3-12H2,1-2H3,(H,20,21). The number of aliphatic carboxylic acids is 1. The van der Waals surface area contributed by atoms with E-state index in [1.165, 1.54) is 51.9 Å². The molecular weight excluding hydrogens is 282 g/mol. The molecule has 1 amide bonds. The van der Waals surface area contributed by atoms with Gasteiger partial charge >= 0.3 is 5.97 Å². The molecule has 0 bridgehead atoms. The largest absolute Gasteiger partial charge is 0.479 e. The predicted molar refractivity (Wildman–Crippen MR) is 83.6 cm³/mol. The van der Waals surface area contributed by atoms with Crippen LogP contribution in [0.4, 0.5) is 0 Å². The van der Waals surface area contributed by atoms with Gasteiger partial charge in [0, 0.05) is 13.1 Å². The number of likely N-dealkylation sites (tertiary alicyclic amines) is 1. The van der Waals surface area contributed by atoms with E-state index in [0.29, 0.717) is 5.41 Å². The number of carboxylic acid groups (broad SMARTS) is 1. The van der Waals surface area contributed by atoms with Crippen LogP contribution in [0.3, 0.4) is 0 Å². The minimum Gasteiger partial charge on any atom is -0.479 e. The molecule has 2 aliphatic rings. The first-order valence-corrected chi connectivity index (χ1v) is 8.61.